The van der Waals surface area contributed by atoms with Crippen LogP contribution >= 0.6 is 0 Å². The second-order valence-corrected chi connectivity index (χ2v) is 6.34. The maximum absolute atomic E-state index is 13.5. The van der Waals surface area contributed by atoms with Crippen LogP contribution in [0.3, 0.4) is 0 Å². The summed E-state index contributed by atoms with van der Waals surface area (Å²) in [6.45, 7) is 0. The van der Waals surface area contributed by atoms with Gasteiger partial charge in [0.2, 0.25) is 0 Å². The highest BCUT2D eigenvalue weighted by molar-refractivity contribution is 5.87. The van der Waals surface area contributed by atoms with E-state index in [0.29, 0.717) is 5.56 Å². The Kier molecular flexibility index (Phi) is 3.10. The van der Waals surface area contributed by atoms with E-state index in [4.69, 9.17) is 0 Å². The van der Waals surface area contributed by atoms with Crippen LogP contribution in [0.2, 0.25) is 0 Å². The molecule has 0 radical (unpaired) electrons. The van der Waals surface area contributed by atoms with E-state index in [1.54, 1.807) is 6.07 Å². The van der Waals surface area contributed by atoms with Crippen molar-refractivity contribution in [2.75, 3.05) is 0 Å². The summed E-state index contributed by atoms with van der Waals surface area (Å²) in [5.41, 5.74) is 3.96. The summed E-state index contributed by atoms with van der Waals surface area (Å²) in [6.07, 6.45) is 8.09. The Hall–Kier alpha value is -2.03. The molecule has 1 nitrogen and oxygen atoms in total. The van der Waals surface area contributed by atoms with E-state index in [1.807, 2.05) is 12.1 Å². The van der Waals surface area contributed by atoms with Crippen LogP contribution in [0, 0.1) is 11.6 Å². The number of aliphatic imine (C=N–C) groups is 1. The van der Waals surface area contributed by atoms with E-state index in [2.05, 4.69) is 17.3 Å². The molecule has 1 heterocycles. The smallest absolute Gasteiger partial charge is 0.159 e. The molecule has 2 aliphatic rings. The Morgan fingerprint density at radius 3 is 2.32 bits per heavy atom. The van der Waals surface area contributed by atoms with Gasteiger partial charge in [-0.3, -0.25) is 4.99 Å². The van der Waals surface area contributed by atoms with Crippen molar-refractivity contribution in [3.05, 3.63) is 53.6 Å². The van der Waals surface area contributed by atoms with Crippen molar-refractivity contribution in [1.29, 1.82) is 0 Å². The molecule has 0 atom stereocenters. The summed E-state index contributed by atoms with van der Waals surface area (Å²) in [5, 5.41) is 0. The first kappa shape index (κ1) is 13.6. The summed E-state index contributed by atoms with van der Waals surface area (Å²) >= 11 is 0. The largest absolute Gasteiger partial charge is 0.260 e. The number of nitrogens with zero attached hydrogens (tertiary/aromatic N) is 1. The van der Waals surface area contributed by atoms with Crippen molar-refractivity contribution in [1.82, 2.24) is 0 Å². The normalized spacial score (nSPS) is 18.6. The number of hydrogen-bond acceptors (Lipinski definition) is 1. The van der Waals surface area contributed by atoms with Crippen LogP contribution < -0.4 is 0 Å². The predicted octanol–water partition coefficient (Wildman–Crippen LogP) is 5.55. The molecular formula is C19H17F2N. The Morgan fingerprint density at radius 2 is 1.55 bits per heavy atom. The monoisotopic (exact) mass is 297 g/mol. The van der Waals surface area contributed by atoms with Crippen LogP contribution in [0.15, 0.2) is 41.4 Å². The van der Waals surface area contributed by atoms with Crippen molar-refractivity contribution >= 4 is 11.9 Å². The van der Waals surface area contributed by atoms with Gasteiger partial charge in [0.25, 0.3) is 0 Å². The minimum Gasteiger partial charge on any atom is -0.260 e. The molecule has 1 spiro atoms. The summed E-state index contributed by atoms with van der Waals surface area (Å²) in [6, 6.07) is 10.1. The third-order valence-corrected chi connectivity index (χ3v) is 4.98. The average Bonchev–Trinajstić information content (AvgIpc) is 2.89. The van der Waals surface area contributed by atoms with E-state index in [0.717, 1.165) is 24.1 Å². The van der Waals surface area contributed by atoms with Gasteiger partial charge >= 0.3 is 0 Å². The molecule has 3 heteroatoms. The fourth-order valence-electron chi connectivity index (χ4n) is 3.75. The SMILES string of the molecule is Fc1ccc(-c2ccc3c(c2)C2(C=N3)CCCCC2)cc1F. The zero-order valence-electron chi connectivity index (χ0n) is 12.3. The van der Waals surface area contributed by atoms with E-state index >= 15 is 0 Å². The summed E-state index contributed by atoms with van der Waals surface area (Å²) in [7, 11) is 0. The van der Waals surface area contributed by atoms with Gasteiger partial charge in [-0.25, -0.2) is 8.78 Å². The van der Waals surface area contributed by atoms with Gasteiger partial charge in [0.1, 0.15) is 0 Å². The molecule has 0 bridgehead atoms. The minimum absolute atomic E-state index is 0.0577. The third kappa shape index (κ3) is 2.07. The van der Waals surface area contributed by atoms with Crippen molar-refractivity contribution in [2.45, 2.75) is 37.5 Å². The van der Waals surface area contributed by atoms with Gasteiger partial charge in [-0.15, -0.1) is 0 Å². The Morgan fingerprint density at radius 1 is 0.818 bits per heavy atom. The molecule has 2 aromatic carbocycles. The van der Waals surface area contributed by atoms with Gasteiger partial charge in [0.05, 0.1) is 5.69 Å². The third-order valence-electron chi connectivity index (χ3n) is 4.98. The highest BCUT2D eigenvalue weighted by Crippen LogP contribution is 2.47. The lowest BCUT2D eigenvalue weighted by molar-refractivity contribution is 0.391. The number of hydrogen-bond donors (Lipinski definition) is 0. The molecule has 0 saturated heterocycles. The Labute approximate surface area is 128 Å². The van der Waals surface area contributed by atoms with Crippen molar-refractivity contribution in [3.63, 3.8) is 0 Å². The van der Waals surface area contributed by atoms with Crippen LogP contribution in [0.4, 0.5) is 14.5 Å². The quantitative estimate of drug-likeness (QED) is 0.654. The molecule has 112 valence electrons. The molecule has 4 rings (SSSR count). The van der Waals surface area contributed by atoms with Crippen molar-refractivity contribution in [3.8, 4) is 11.1 Å². The molecule has 0 aromatic heterocycles. The molecule has 0 unspecified atom stereocenters. The molecule has 1 saturated carbocycles. The van der Waals surface area contributed by atoms with E-state index in [1.165, 1.54) is 37.0 Å². The fourth-order valence-corrected chi connectivity index (χ4v) is 3.75. The molecule has 22 heavy (non-hydrogen) atoms. The fraction of sp³-hybridized carbons (Fsp3) is 0.316. The summed E-state index contributed by atoms with van der Waals surface area (Å²) < 4.78 is 26.6. The second kappa shape index (κ2) is 5.01. The molecule has 0 amide bonds. The van der Waals surface area contributed by atoms with Crippen LogP contribution in [0.25, 0.3) is 11.1 Å². The lowest BCUT2D eigenvalue weighted by Gasteiger charge is -2.32. The number of halogens is 2. The van der Waals surface area contributed by atoms with Crippen LogP contribution in [0.1, 0.15) is 37.7 Å². The van der Waals surface area contributed by atoms with Gasteiger partial charge in [-0.05, 0) is 53.8 Å². The molecule has 1 aliphatic carbocycles. The van der Waals surface area contributed by atoms with Gasteiger partial charge in [0.15, 0.2) is 11.6 Å². The van der Waals surface area contributed by atoms with E-state index in [-0.39, 0.29) is 5.41 Å². The summed E-state index contributed by atoms with van der Waals surface area (Å²) in [5.74, 6) is -1.61. The number of fused-ring (bicyclic) bond motifs is 2. The maximum atomic E-state index is 13.5. The molecular weight excluding hydrogens is 280 g/mol. The number of rotatable bonds is 1. The first-order valence-electron chi connectivity index (χ1n) is 7.83. The van der Waals surface area contributed by atoms with Gasteiger partial charge in [-0.1, -0.05) is 31.4 Å². The zero-order chi connectivity index (χ0) is 15.2. The Bertz CT molecular complexity index is 758. The number of benzene rings is 2. The van der Waals surface area contributed by atoms with Crippen LogP contribution in [0.5, 0.6) is 0 Å². The Balaban J connectivity index is 1.78. The summed E-state index contributed by atoms with van der Waals surface area (Å²) in [4.78, 5) is 4.58. The predicted molar refractivity (Wildman–Crippen MR) is 84.7 cm³/mol. The van der Waals surface area contributed by atoms with E-state index in [9.17, 15) is 8.78 Å². The van der Waals surface area contributed by atoms with Crippen LogP contribution in [-0.2, 0) is 5.41 Å². The minimum atomic E-state index is -0.808. The lowest BCUT2D eigenvalue weighted by Crippen LogP contribution is -2.28. The van der Waals surface area contributed by atoms with E-state index < -0.39 is 11.6 Å². The van der Waals surface area contributed by atoms with Gasteiger partial charge in [0, 0.05) is 11.6 Å². The average molecular weight is 297 g/mol. The highest BCUT2D eigenvalue weighted by Gasteiger charge is 2.37. The van der Waals surface area contributed by atoms with Crippen molar-refractivity contribution in [2.24, 2.45) is 4.99 Å². The maximum Gasteiger partial charge on any atom is 0.159 e. The topological polar surface area (TPSA) is 12.4 Å². The van der Waals surface area contributed by atoms with Crippen LogP contribution in [-0.4, -0.2) is 6.21 Å². The molecule has 1 fully saturated rings. The lowest BCUT2D eigenvalue weighted by atomic mass is 9.70. The molecule has 0 N–H and O–H groups in total. The first-order chi connectivity index (χ1) is 10.7. The zero-order valence-corrected chi connectivity index (χ0v) is 12.3. The standard InChI is InChI=1S/C19H17F2N/c20-16-6-4-14(11-17(16)21)13-5-7-18-15(10-13)19(12-22-18)8-2-1-3-9-19/h4-7,10-12H,1-3,8-9H2. The first-order valence-corrected chi connectivity index (χ1v) is 7.83. The molecule has 1 aliphatic heterocycles. The van der Waals surface area contributed by atoms with Crippen molar-refractivity contribution < 1.29 is 8.78 Å². The van der Waals surface area contributed by atoms with Gasteiger partial charge < -0.3 is 0 Å². The molecule has 2 aromatic rings. The van der Waals surface area contributed by atoms with Gasteiger partial charge in [-0.2, -0.15) is 0 Å². The highest BCUT2D eigenvalue weighted by atomic mass is 19.2. The second-order valence-electron chi connectivity index (χ2n) is 6.34.